The monoisotopic (exact) mass is 448 g/mol. The molecule has 1 fully saturated rings. The Bertz CT molecular complexity index is 1090. The molecule has 2 amide bonds. The minimum atomic E-state index is -3.76. The fourth-order valence-electron chi connectivity index (χ4n) is 3.07. The van der Waals surface area contributed by atoms with Crippen LogP contribution in [0.25, 0.3) is 0 Å². The average Bonchev–Trinajstić information content (AvgIpc) is 2.79. The first-order chi connectivity index (χ1) is 14.8. The van der Waals surface area contributed by atoms with Gasteiger partial charge in [-0.3, -0.25) is 19.7 Å². The number of nitrogens with zero attached hydrogens (tertiary/aromatic N) is 3. The smallest absolute Gasteiger partial charge is 0.296 e. The maximum atomic E-state index is 12.8. The third-order valence-corrected chi connectivity index (χ3v) is 6.74. The number of carbonyl (C=O) groups excluding carboxylic acids is 2. The van der Waals surface area contributed by atoms with Gasteiger partial charge in [0.2, 0.25) is 16.4 Å². The third kappa shape index (κ3) is 4.81. The van der Waals surface area contributed by atoms with Crippen LogP contribution in [0.15, 0.2) is 47.4 Å². The van der Waals surface area contributed by atoms with Gasteiger partial charge in [-0.25, -0.2) is 8.42 Å². The molecule has 0 bridgehead atoms. The summed E-state index contributed by atoms with van der Waals surface area (Å²) in [6, 6.07) is 9.29. The summed E-state index contributed by atoms with van der Waals surface area (Å²) >= 11 is 0. The Hall–Kier alpha value is -3.51. The molecule has 2 aromatic carbocycles. The van der Waals surface area contributed by atoms with Gasteiger partial charge in [0.25, 0.3) is 11.6 Å². The summed E-state index contributed by atoms with van der Waals surface area (Å²) in [5, 5.41) is 13.7. The molecule has 0 spiro atoms. The fraction of sp³-hybridized carbons (Fsp3) is 0.263. The summed E-state index contributed by atoms with van der Waals surface area (Å²) in [5.74, 6) is -0.356. The van der Waals surface area contributed by atoms with Crippen LogP contribution < -0.4 is 10.1 Å². The predicted octanol–water partition coefficient (Wildman–Crippen LogP) is 1.32. The van der Waals surface area contributed by atoms with E-state index in [9.17, 15) is 28.1 Å². The Morgan fingerprint density at radius 1 is 1.13 bits per heavy atom. The number of benzene rings is 2. The molecule has 1 saturated heterocycles. The summed E-state index contributed by atoms with van der Waals surface area (Å²) in [5.41, 5.74) is -0.211. The molecule has 31 heavy (non-hydrogen) atoms. The Labute approximate surface area is 178 Å². The summed E-state index contributed by atoms with van der Waals surface area (Å²) < 4.78 is 31.8. The van der Waals surface area contributed by atoms with E-state index in [0.29, 0.717) is 19.5 Å². The van der Waals surface area contributed by atoms with E-state index in [1.54, 1.807) is 0 Å². The van der Waals surface area contributed by atoms with Gasteiger partial charge in [0.05, 0.1) is 23.0 Å². The minimum absolute atomic E-state index is 0.0130. The highest BCUT2D eigenvalue weighted by molar-refractivity contribution is 7.89. The molecule has 1 N–H and O–H groups in total. The highest BCUT2D eigenvalue weighted by Gasteiger charge is 2.28. The van der Waals surface area contributed by atoms with Gasteiger partial charge in [0, 0.05) is 31.7 Å². The number of hydrogen-bond donors (Lipinski definition) is 1. The first-order valence-corrected chi connectivity index (χ1v) is 10.6. The molecular formula is C19H20N4O7S. The van der Waals surface area contributed by atoms with Crippen LogP contribution in [0, 0.1) is 10.1 Å². The lowest BCUT2D eigenvalue weighted by Crippen LogP contribution is -2.47. The van der Waals surface area contributed by atoms with Crippen LogP contribution in [-0.4, -0.2) is 68.2 Å². The minimum Gasteiger partial charge on any atom is -0.496 e. The van der Waals surface area contributed by atoms with E-state index < -0.39 is 20.9 Å². The number of amides is 2. The molecule has 11 nitrogen and oxygen atoms in total. The second-order valence-electron chi connectivity index (χ2n) is 6.66. The molecule has 1 aliphatic heterocycles. The van der Waals surface area contributed by atoms with Gasteiger partial charge in [-0.1, -0.05) is 0 Å². The van der Waals surface area contributed by atoms with E-state index in [1.165, 1.54) is 58.8 Å². The number of nitro groups is 1. The number of sulfonamides is 1. The quantitative estimate of drug-likeness (QED) is 0.383. The predicted molar refractivity (Wildman–Crippen MR) is 110 cm³/mol. The molecule has 1 heterocycles. The number of methoxy groups -OCH3 is 1. The SMILES string of the molecule is COc1ccc(NC(=O)c2ccc(S(=O)(=O)N3CCN(C=O)CC3)cc2)c([N+](=O)[O-])c1. The lowest BCUT2D eigenvalue weighted by molar-refractivity contribution is -0.384. The van der Waals surface area contributed by atoms with E-state index >= 15 is 0 Å². The number of nitrogens with one attached hydrogen (secondary N) is 1. The van der Waals surface area contributed by atoms with Crippen molar-refractivity contribution in [1.29, 1.82) is 0 Å². The molecule has 2 aromatic rings. The Balaban J connectivity index is 1.75. The van der Waals surface area contributed by atoms with Crippen molar-refractivity contribution in [1.82, 2.24) is 9.21 Å². The number of anilines is 1. The van der Waals surface area contributed by atoms with E-state index in [0.717, 1.165) is 0 Å². The van der Waals surface area contributed by atoms with E-state index in [4.69, 9.17) is 4.74 Å². The van der Waals surface area contributed by atoms with Crippen molar-refractivity contribution in [2.45, 2.75) is 4.90 Å². The van der Waals surface area contributed by atoms with Crippen molar-refractivity contribution in [3.8, 4) is 5.75 Å². The normalized spacial score (nSPS) is 14.7. The van der Waals surface area contributed by atoms with Crippen molar-refractivity contribution < 1.29 is 27.7 Å². The van der Waals surface area contributed by atoms with Crippen LogP contribution in [0.1, 0.15) is 10.4 Å². The van der Waals surface area contributed by atoms with Gasteiger partial charge in [0.15, 0.2) is 0 Å². The highest BCUT2D eigenvalue weighted by atomic mass is 32.2. The number of nitro benzene ring substituents is 1. The van der Waals surface area contributed by atoms with Crippen LogP contribution in [-0.2, 0) is 14.8 Å². The lowest BCUT2D eigenvalue weighted by atomic mass is 10.2. The second kappa shape index (κ2) is 9.10. The van der Waals surface area contributed by atoms with Crippen molar-refractivity contribution >= 4 is 33.7 Å². The van der Waals surface area contributed by atoms with Gasteiger partial charge in [-0.05, 0) is 36.4 Å². The Morgan fingerprint density at radius 2 is 1.77 bits per heavy atom. The number of hydrogen-bond acceptors (Lipinski definition) is 7. The second-order valence-corrected chi connectivity index (χ2v) is 8.60. The van der Waals surface area contributed by atoms with Crippen molar-refractivity contribution in [2.75, 3.05) is 38.6 Å². The number of rotatable bonds is 7. The maximum absolute atomic E-state index is 12.8. The lowest BCUT2D eigenvalue weighted by Gasteiger charge is -2.31. The summed E-state index contributed by atoms with van der Waals surface area (Å²) in [6.45, 7) is 0.989. The first-order valence-electron chi connectivity index (χ1n) is 9.19. The largest absolute Gasteiger partial charge is 0.496 e. The molecule has 1 aliphatic rings. The molecule has 0 unspecified atom stereocenters. The Morgan fingerprint density at radius 3 is 2.32 bits per heavy atom. The molecule has 3 rings (SSSR count). The van der Waals surface area contributed by atoms with Crippen LogP contribution in [0.4, 0.5) is 11.4 Å². The highest BCUT2D eigenvalue weighted by Crippen LogP contribution is 2.29. The van der Waals surface area contributed by atoms with Crippen LogP contribution in [0.3, 0.4) is 0 Å². The van der Waals surface area contributed by atoms with Gasteiger partial charge in [-0.2, -0.15) is 4.31 Å². The van der Waals surface area contributed by atoms with Gasteiger partial charge in [-0.15, -0.1) is 0 Å². The number of carbonyl (C=O) groups is 2. The molecule has 0 saturated carbocycles. The Kier molecular flexibility index (Phi) is 6.51. The van der Waals surface area contributed by atoms with E-state index in [-0.39, 0.29) is 40.7 Å². The van der Waals surface area contributed by atoms with Gasteiger partial charge >= 0.3 is 0 Å². The molecule has 0 aromatic heterocycles. The van der Waals surface area contributed by atoms with Crippen LogP contribution >= 0.6 is 0 Å². The molecule has 0 radical (unpaired) electrons. The first kappa shape index (κ1) is 22.2. The van der Waals surface area contributed by atoms with Crippen molar-refractivity contribution in [3.05, 3.63) is 58.1 Å². The molecule has 0 aliphatic carbocycles. The number of piperazine rings is 1. The fourth-order valence-corrected chi connectivity index (χ4v) is 4.49. The van der Waals surface area contributed by atoms with E-state index in [2.05, 4.69) is 5.32 Å². The standard InChI is InChI=1S/C19H20N4O7S/c1-30-15-4-7-17(18(12-15)23(26)27)20-19(25)14-2-5-16(6-3-14)31(28,29)22-10-8-21(13-24)9-11-22/h2-7,12-13H,8-11H2,1H3,(H,20,25). The average molecular weight is 448 g/mol. The van der Waals surface area contributed by atoms with Gasteiger partial charge < -0.3 is 15.0 Å². The summed E-state index contributed by atoms with van der Waals surface area (Å²) in [4.78, 5) is 35.4. The van der Waals surface area contributed by atoms with Gasteiger partial charge in [0.1, 0.15) is 11.4 Å². The van der Waals surface area contributed by atoms with Crippen molar-refractivity contribution in [3.63, 3.8) is 0 Å². The van der Waals surface area contributed by atoms with E-state index in [1.807, 2.05) is 0 Å². The summed E-state index contributed by atoms with van der Waals surface area (Å²) in [7, 11) is -2.39. The topological polar surface area (TPSA) is 139 Å². The summed E-state index contributed by atoms with van der Waals surface area (Å²) in [6.07, 6.45) is 0.685. The molecule has 12 heteroatoms. The number of ether oxygens (including phenoxy) is 1. The molecule has 164 valence electrons. The van der Waals surface area contributed by atoms with Crippen LogP contribution in [0.5, 0.6) is 5.75 Å². The maximum Gasteiger partial charge on any atom is 0.296 e. The molecular weight excluding hydrogens is 428 g/mol. The zero-order valence-corrected chi connectivity index (χ0v) is 17.4. The molecule has 0 atom stereocenters. The zero-order chi connectivity index (χ0) is 22.6. The third-order valence-electron chi connectivity index (χ3n) is 4.83. The van der Waals surface area contributed by atoms with Crippen molar-refractivity contribution in [2.24, 2.45) is 0 Å². The van der Waals surface area contributed by atoms with Crippen LogP contribution in [0.2, 0.25) is 0 Å². The zero-order valence-electron chi connectivity index (χ0n) is 16.6.